The molecular formula is C77H37N13. The van der Waals surface area contributed by atoms with Gasteiger partial charge in [0.05, 0.1) is 115 Å². The maximum atomic E-state index is 10.4. The van der Waals surface area contributed by atoms with Crippen LogP contribution in [0.1, 0.15) is 44.5 Å². The standard InChI is InChI=1S/C77H37N13/c78-38-46-11-19-63(57(27-46)42-82)52-15-23-71-67(33-52)68-34-53(64-20-12-47(39-79)28-58(64)43-83)16-24-72(68)89(71)61-31-56(77-87-75(50-7-3-1-4-8-50)86-76(88-77)51-9-5-2-6-10-51)32-62(37-61)90-73-25-17-54(65-21-13-48(40-80)29-59(65)44-84)35-69(73)70-36-55(18-26-74(70)90)66-22-14-49(41-81)30-60(66)45-85/h1-37H. The maximum Gasteiger partial charge on any atom is 0.164 e. The van der Waals surface area contributed by atoms with E-state index < -0.39 is 0 Å². The molecule has 0 aliphatic heterocycles. The predicted octanol–water partition coefficient (Wildman–Crippen LogP) is 16.7. The van der Waals surface area contributed by atoms with Gasteiger partial charge < -0.3 is 9.13 Å². The van der Waals surface area contributed by atoms with Gasteiger partial charge in [-0.05, 0) is 160 Å². The first-order valence-corrected chi connectivity index (χ1v) is 28.2. The molecule has 0 spiro atoms. The van der Waals surface area contributed by atoms with E-state index in [4.69, 9.17) is 15.0 Å². The van der Waals surface area contributed by atoms with Crippen molar-refractivity contribution < 1.29 is 0 Å². The third-order valence-corrected chi connectivity index (χ3v) is 16.2. The minimum Gasteiger partial charge on any atom is -0.309 e. The van der Waals surface area contributed by atoms with E-state index in [9.17, 15) is 42.1 Å². The molecule has 11 aromatic carbocycles. The zero-order valence-corrected chi connectivity index (χ0v) is 47.2. The molecule has 13 heteroatoms. The molecule has 0 unspecified atom stereocenters. The number of nitrogens with zero attached hydrogens (tertiary/aromatic N) is 13. The van der Waals surface area contributed by atoms with E-state index in [-0.39, 0.29) is 0 Å². The fourth-order valence-electron chi connectivity index (χ4n) is 12.0. The molecule has 0 saturated heterocycles. The Morgan fingerprint density at radius 1 is 0.233 bits per heavy atom. The van der Waals surface area contributed by atoms with Crippen LogP contribution in [0.3, 0.4) is 0 Å². The van der Waals surface area contributed by atoms with Crippen molar-refractivity contribution in [2.45, 2.75) is 0 Å². The zero-order valence-electron chi connectivity index (χ0n) is 47.2. The average Bonchev–Trinajstić information content (AvgIpc) is 1.59. The van der Waals surface area contributed by atoms with Crippen LogP contribution in [-0.4, -0.2) is 24.1 Å². The molecule has 0 amide bonds. The quantitative estimate of drug-likeness (QED) is 0.132. The molecule has 0 fully saturated rings. The summed E-state index contributed by atoms with van der Waals surface area (Å²) in [7, 11) is 0. The zero-order chi connectivity index (χ0) is 61.6. The summed E-state index contributed by atoms with van der Waals surface area (Å²) in [5.41, 5.74) is 15.0. The van der Waals surface area contributed by atoms with Gasteiger partial charge in [0.1, 0.15) is 0 Å². The van der Waals surface area contributed by atoms with Crippen LogP contribution in [0.2, 0.25) is 0 Å². The average molecular weight is 1140 g/mol. The summed E-state index contributed by atoms with van der Waals surface area (Å²) in [5.74, 6) is 1.29. The van der Waals surface area contributed by atoms with Crippen molar-refractivity contribution in [2.24, 2.45) is 0 Å². The van der Waals surface area contributed by atoms with Crippen molar-refractivity contribution in [1.82, 2.24) is 24.1 Å². The van der Waals surface area contributed by atoms with E-state index in [1.54, 1.807) is 72.8 Å². The van der Waals surface area contributed by atoms with Crippen LogP contribution >= 0.6 is 0 Å². The molecule has 410 valence electrons. The molecule has 0 aliphatic rings. The SMILES string of the molecule is N#Cc1ccc(-c2ccc3c(c2)c2cc(-c4ccc(C#N)cc4C#N)ccc2n3-c2cc(-c3nc(-c4ccccc4)nc(-c4ccccc4)n3)cc(-n3c4ccc(-c5ccc(C#N)cc5C#N)cc4c4cc(-c5ccc(C#N)cc5C#N)ccc43)c2)c(C#N)c1. The van der Waals surface area contributed by atoms with Crippen LogP contribution in [0.5, 0.6) is 0 Å². The summed E-state index contributed by atoms with van der Waals surface area (Å²) < 4.78 is 4.34. The van der Waals surface area contributed by atoms with Gasteiger partial charge in [-0.3, -0.25) is 0 Å². The second kappa shape index (κ2) is 22.2. The van der Waals surface area contributed by atoms with Gasteiger partial charge in [-0.1, -0.05) is 109 Å². The lowest BCUT2D eigenvalue weighted by Crippen LogP contribution is -2.03. The molecule has 0 N–H and O–H groups in total. The van der Waals surface area contributed by atoms with Gasteiger partial charge in [-0.25, -0.2) is 15.0 Å². The molecule has 0 bridgehead atoms. The molecule has 3 aromatic heterocycles. The van der Waals surface area contributed by atoms with Gasteiger partial charge in [-0.2, -0.15) is 42.1 Å². The number of aromatic nitrogens is 5. The first-order chi connectivity index (χ1) is 44.2. The minimum atomic E-state index is 0.337. The molecule has 0 aliphatic carbocycles. The van der Waals surface area contributed by atoms with Gasteiger partial charge >= 0.3 is 0 Å². The number of hydrogen-bond acceptors (Lipinski definition) is 11. The first-order valence-electron chi connectivity index (χ1n) is 28.2. The molecule has 14 aromatic rings. The number of rotatable bonds is 9. The predicted molar refractivity (Wildman–Crippen MR) is 344 cm³/mol. The van der Waals surface area contributed by atoms with Gasteiger partial charge in [0.2, 0.25) is 0 Å². The van der Waals surface area contributed by atoms with Crippen LogP contribution in [-0.2, 0) is 0 Å². The van der Waals surface area contributed by atoms with Crippen molar-refractivity contribution in [3.8, 4) is 139 Å². The Hall–Kier alpha value is -14.1. The molecule has 0 radical (unpaired) electrons. The lowest BCUT2D eigenvalue weighted by molar-refractivity contribution is 1.07. The highest BCUT2D eigenvalue weighted by Crippen LogP contribution is 2.43. The molecular weight excluding hydrogens is 1110 g/mol. The van der Waals surface area contributed by atoms with Crippen LogP contribution in [0.15, 0.2) is 224 Å². The highest BCUT2D eigenvalue weighted by Gasteiger charge is 2.23. The number of hydrogen-bond donors (Lipinski definition) is 0. The monoisotopic (exact) mass is 1140 g/mol. The Labute approximate surface area is 514 Å². The molecule has 90 heavy (non-hydrogen) atoms. The second-order valence-electron chi connectivity index (χ2n) is 21.3. The fourth-order valence-corrected chi connectivity index (χ4v) is 12.0. The van der Waals surface area contributed by atoms with E-state index >= 15 is 0 Å². The molecule has 0 atom stereocenters. The molecule has 13 nitrogen and oxygen atoms in total. The number of fused-ring (bicyclic) bond motifs is 6. The third kappa shape index (κ3) is 9.28. The lowest BCUT2D eigenvalue weighted by atomic mass is 9.95. The van der Waals surface area contributed by atoms with E-state index in [1.807, 2.05) is 133 Å². The van der Waals surface area contributed by atoms with E-state index in [2.05, 4.69) is 75.9 Å². The van der Waals surface area contributed by atoms with Gasteiger partial charge in [0.15, 0.2) is 17.5 Å². The smallest absolute Gasteiger partial charge is 0.164 e. The summed E-state index contributed by atoms with van der Waals surface area (Å²) in [6, 6.07) is 87.8. The highest BCUT2D eigenvalue weighted by molar-refractivity contribution is 6.14. The summed E-state index contributed by atoms with van der Waals surface area (Å²) in [4.78, 5) is 15.6. The fraction of sp³-hybridized carbons (Fsp3) is 0. The maximum absolute atomic E-state index is 10.4. The van der Waals surface area contributed by atoms with Crippen molar-refractivity contribution >= 4 is 43.6 Å². The van der Waals surface area contributed by atoms with Gasteiger partial charge in [0, 0.05) is 49.6 Å². The van der Waals surface area contributed by atoms with E-state index in [0.29, 0.717) is 101 Å². The Balaban J connectivity index is 1.09. The Morgan fingerprint density at radius 2 is 0.511 bits per heavy atom. The third-order valence-electron chi connectivity index (χ3n) is 16.2. The first kappa shape index (κ1) is 53.9. The van der Waals surface area contributed by atoms with Gasteiger partial charge in [-0.15, -0.1) is 0 Å². The van der Waals surface area contributed by atoms with Crippen molar-refractivity contribution in [3.05, 3.63) is 269 Å². The minimum absolute atomic E-state index is 0.337. The van der Waals surface area contributed by atoms with Crippen LogP contribution in [0.25, 0.3) is 134 Å². The normalized spacial score (nSPS) is 10.8. The van der Waals surface area contributed by atoms with E-state index in [0.717, 1.165) is 77.0 Å². The van der Waals surface area contributed by atoms with E-state index in [1.165, 1.54) is 0 Å². The number of nitriles is 8. The molecule has 3 heterocycles. The van der Waals surface area contributed by atoms with Crippen molar-refractivity contribution in [1.29, 1.82) is 42.1 Å². The summed E-state index contributed by atoms with van der Waals surface area (Å²) in [6.45, 7) is 0. The Morgan fingerprint density at radius 3 is 0.778 bits per heavy atom. The summed E-state index contributed by atoms with van der Waals surface area (Å²) in [5, 5.41) is 84.3. The Bertz CT molecular complexity index is 5160. The summed E-state index contributed by atoms with van der Waals surface area (Å²) in [6.07, 6.45) is 0. The van der Waals surface area contributed by atoms with Crippen LogP contribution in [0.4, 0.5) is 0 Å². The van der Waals surface area contributed by atoms with Gasteiger partial charge in [0.25, 0.3) is 0 Å². The molecule has 0 saturated carbocycles. The summed E-state index contributed by atoms with van der Waals surface area (Å²) >= 11 is 0. The largest absolute Gasteiger partial charge is 0.309 e. The van der Waals surface area contributed by atoms with Crippen LogP contribution < -0.4 is 0 Å². The second-order valence-corrected chi connectivity index (χ2v) is 21.3. The number of benzene rings is 11. The van der Waals surface area contributed by atoms with Crippen LogP contribution in [0, 0.1) is 90.6 Å². The molecule has 14 rings (SSSR count). The topological polar surface area (TPSA) is 239 Å². The Kier molecular flexibility index (Phi) is 13.3. The lowest BCUT2D eigenvalue weighted by Gasteiger charge is -2.16. The van der Waals surface area contributed by atoms with Crippen molar-refractivity contribution in [2.75, 3.05) is 0 Å². The van der Waals surface area contributed by atoms with Crippen molar-refractivity contribution in [3.63, 3.8) is 0 Å². The highest BCUT2D eigenvalue weighted by atomic mass is 15.0.